The molecule has 1 saturated heterocycles. The standard InChI is InChI=1S/C28H32N4O3/c1-32-18-25(26(19-32)28(34)30-14-12-20-8-10-24(35-2)11-9-20)22-6-3-5-21(15-22)16-31-27(33)23-7-4-13-29-17-23/h3-11,13,15,17,25-26H,12,14,16,18-19H2,1-2H3,(H,30,34)(H,31,33)/t25-,26-/m1/s1. The number of nitrogens with zero attached hydrogens (tertiary/aromatic N) is 2. The van der Waals surface area contributed by atoms with Crippen molar-refractivity contribution in [1.82, 2.24) is 20.5 Å². The van der Waals surface area contributed by atoms with Crippen molar-refractivity contribution in [3.63, 3.8) is 0 Å². The summed E-state index contributed by atoms with van der Waals surface area (Å²) in [5.74, 6) is 0.751. The minimum absolute atomic E-state index is 0.0862. The van der Waals surface area contributed by atoms with E-state index in [4.69, 9.17) is 4.74 Å². The van der Waals surface area contributed by atoms with E-state index in [2.05, 4.69) is 39.7 Å². The van der Waals surface area contributed by atoms with E-state index in [1.54, 1.807) is 31.6 Å². The zero-order valence-corrected chi connectivity index (χ0v) is 20.2. The molecule has 0 aliphatic carbocycles. The van der Waals surface area contributed by atoms with Crippen LogP contribution in [0, 0.1) is 5.92 Å². The van der Waals surface area contributed by atoms with Gasteiger partial charge in [0, 0.05) is 44.5 Å². The fourth-order valence-electron chi connectivity index (χ4n) is 4.57. The van der Waals surface area contributed by atoms with E-state index in [1.807, 2.05) is 36.4 Å². The molecule has 2 amide bonds. The van der Waals surface area contributed by atoms with Crippen LogP contribution in [-0.4, -0.2) is 55.5 Å². The van der Waals surface area contributed by atoms with Gasteiger partial charge in [0.25, 0.3) is 5.91 Å². The van der Waals surface area contributed by atoms with Gasteiger partial charge in [-0.25, -0.2) is 0 Å². The minimum atomic E-state index is -0.154. The zero-order valence-electron chi connectivity index (χ0n) is 20.2. The van der Waals surface area contributed by atoms with Crippen molar-refractivity contribution in [1.29, 1.82) is 0 Å². The maximum Gasteiger partial charge on any atom is 0.253 e. The first-order chi connectivity index (χ1) is 17.0. The largest absolute Gasteiger partial charge is 0.497 e. The lowest BCUT2D eigenvalue weighted by Crippen LogP contribution is -2.35. The van der Waals surface area contributed by atoms with Crippen molar-refractivity contribution in [3.05, 3.63) is 95.3 Å². The van der Waals surface area contributed by atoms with Crippen LogP contribution in [0.15, 0.2) is 73.1 Å². The van der Waals surface area contributed by atoms with Gasteiger partial charge < -0.3 is 20.3 Å². The number of amides is 2. The Labute approximate surface area is 206 Å². The second kappa shape index (κ2) is 11.6. The summed E-state index contributed by atoms with van der Waals surface area (Å²) >= 11 is 0. The molecule has 1 fully saturated rings. The fourth-order valence-corrected chi connectivity index (χ4v) is 4.57. The maximum atomic E-state index is 13.1. The van der Waals surface area contributed by atoms with E-state index in [9.17, 15) is 9.59 Å². The van der Waals surface area contributed by atoms with Crippen LogP contribution in [0.3, 0.4) is 0 Å². The second-order valence-electron chi connectivity index (χ2n) is 8.99. The summed E-state index contributed by atoms with van der Waals surface area (Å²) in [6.45, 7) is 2.56. The summed E-state index contributed by atoms with van der Waals surface area (Å²) in [4.78, 5) is 31.7. The monoisotopic (exact) mass is 472 g/mol. The zero-order chi connectivity index (χ0) is 24.6. The number of carbonyl (C=O) groups excluding carboxylic acids is 2. The van der Waals surface area contributed by atoms with Gasteiger partial charge in [-0.2, -0.15) is 0 Å². The molecule has 7 nitrogen and oxygen atoms in total. The molecule has 1 aliphatic heterocycles. The molecule has 0 saturated carbocycles. The second-order valence-corrected chi connectivity index (χ2v) is 8.99. The van der Waals surface area contributed by atoms with Gasteiger partial charge in [0.05, 0.1) is 18.6 Å². The summed E-state index contributed by atoms with van der Waals surface area (Å²) < 4.78 is 5.20. The number of carbonyl (C=O) groups is 2. The average molecular weight is 473 g/mol. The highest BCUT2D eigenvalue weighted by molar-refractivity contribution is 5.93. The molecule has 1 aromatic heterocycles. The van der Waals surface area contributed by atoms with Gasteiger partial charge in [0.1, 0.15) is 5.75 Å². The fraction of sp³-hybridized carbons (Fsp3) is 0.321. The third-order valence-electron chi connectivity index (χ3n) is 6.47. The van der Waals surface area contributed by atoms with Crippen LogP contribution in [0.25, 0.3) is 0 Å². The van der Waals surface area contributed by atoms with E-state index < -0.39 is 0 Å². The average Bonchev–Trinajstić information content (AvgIpc) is 3.30. The number of nitrogens with one attached hydrogen (secondary N) is 2. The van der Waals surface area contributed by atoms with Gasteiger partial charge in [0.2, 0.25) is 5.91 Å². The lowest BCUT2D eigenvalue weighted by molar-refractivity contribution is -0.124. The number of rotatable bonds is 9. The molecule has 3 aromatic rings. The predicted molar refractivity (Wildman–Crippen MR) is 135 cm³/mol. The summed E-state index contributed by atoms with van der Waals surface area (Å²) in [5.41, 5.74) is 3.82. The van der Waals surface area contributed by atoms with E-state index >= 15 is 0 Å². The lowest BCUT2D eigenvalue weighted by atomic mass is 9.87. The van der Waals surface area contributed by atoms with Crippen LogP contribution in [-0.2, 0) is 17.8 Å². The molecule has 2 aromatic carbocycles. The highest BCUT2D eigenvalue weighted by Gasteiger charge is 2.36. The quantitative estimate of drug-likeness (QED) is 0.500. The molecule has 1 aliphatic rings. The molecule has 182 valence electrons. The first-order valence-corrected chi connectivity index (χ1v) is 11.9. The molecular formula is C28H32N4O3. The molecule has 7 heteroatoms. The Morgan fingerprint density at radius 2 is 1.86 bits per heavy atom. The molecule has 0 spiro atoms. The molecule has 0 bridgehead atoms. The molecule has 4 rings (SSSR count). The van der Waals surface area contributed by atoms with Gasteiger partial charge in [-0.3, -0.25) is 14.6 Å². The van der Waals surface area contributed by atoms with E-state index in [-0.39, 0.29) is 23.7 Å². The smallest absolute Gasteiger partial charge is 0.253 e. The van der Waals surface area contributed by atoms with Crippen LogP contribution in [0.4, 0.5) is 0 Å². The molecule has 2 heterocycles. The third-order valence-corrected chi connectivity index (χ3v) is 6.47. The van der Waals surface area contributed by atoms with Crippen LogP contribution in [0.1, 0.15) is 33.0 Å². The highest BCUT2D eigenvalue weighted by Crippen LogP contribution is 2.32. The minimum Gasteiger partial charge on any atom is -0.497 e. The molecule has 0 radical (unpaired) electrons. The van der Waals surface area contributed by atoms with Crippen molar-refractivity contribution >= 4 is 11.8 Å². The van der Waals surface area contributed by atoms with Crippen molar-refractivity contribution in [3.8, 4) is 5.75 Å². The number of methoxy groups -OCH3 is 1. The van der Waals surface area contributed by atoms with Crippen molar-refractivity contribution < 1.29 is 14.3 Å². The molecular weight excluding hydrogens is 440 g/mol. The number of aromatic nitrogens is 1. The Morgan fingerprint density at radius 3 is 2.60 bits per heavy atom. The Morgan fingerprint density at radius 1 is 1.03 bits per heavy atom. The Kier molecular flexibility index (Phi) is 8.11. The topological polar surface area (TPSA) is 83.6 Å². The molecule has 2 atom stereocenters. The summed E-state index contributed by atoms with van der Waals surface area (Å²) in [7, 11) is 3.70. The number of likely N-dealkylation sites (tertiary alicyclic amines) is 1. The predicted octanol–water partition coefficient (Wildman–Crippen LogP) is 3.02. The molecule has 2 N–H and O–H groups in total. The van der Waals surface area contributed by atoms with Crippen LogP contribution >= 0.6 is 0 Å². The Bertz CT molecular complexity index is 1130. The summed E-state index contributed by atoms with van der Waals surface area (Å²) in [6, 6.07) is 19.6. The normalized spacial score (nSPS) is 17.7. The third kappa shape index (κ3) is 6.45. The number of hydrogen-bond donors (Lipinski definition) is 2. The van der Waals surface area contributed by atoms with Crippen molar-refractivity contribution in [2.75, 3.05) is 33.8 Å². The summed E-state index contributed by atoms with van der Waals surface area (Å²) in [6.07, 6.45) is 3.97. The number of hydrogen-bond acceptors (Lipinski definition) is 5. The lowest BCUT2D eigenvalue weighted by Gasteiger charge is -2.19. The number of pyridine rings is 1. The number of ether oxygens (including phenoxy) is 1. The van der Waals surface area contributed by atoms with Gasteiger partial charge >= 0.3 is 0 Å². The Balaban J connectivity index is 1.35. The summed E-state index contributed by atoms with van der Waals surface area (Å²) in [5, 5.41) is 6.09. The van der Waals surface area contributed by atoms with Gasteiger partial charge in [-0.1, -0.05) is 36.4 Å². The van der Waals surface area contributed by atoms with E-state index in [0.29, 0.717) is 18.7 Å². The van der Waals surface area contributed by atoms with Gasteiger partial charge in [-0.05, 0) is 54.4 Å². The SMILES string of the molecule is COc1ccc(CCNC(=O)[C@@H]2CN(C)C[C@@H]2c2cccc(CNC(=O)c3cccnc3)c2)cc1. The first-order valence-electron chi connectivity index (χ1n) is 11.9. The van der Waals surface area contributed by atoms with E-state index in [1.165, 1.54) is 0 Å². The van der Waals surface area contributed by atoms with Crippen LogP contribution in [0.2, 0.25) is 0 Å². The maximum absolute atomic E-state index is 13.1. The van der Waals surface area contributed by atoms with Crippen molar-refractivity contribution in [2.24, 2.45) is 5.92 Å². The van der Waals surface area contributed by atoms with Crippen molar-refractivity contribution in [2.45, 2.75) is 18.9 Å². The number of likely N-dealkylation sites (N-methyl/N-ethyl adjacent to an activating group) is 1. The first kappa shape index (κ1) is 24.4. The van der Waals surface area contributed by atoms with Gasteiger partial charge in [-0.15, -0.1) is 0 Å². The Hall–Kier alpha value is -3.71. The van der Waals surface area contributed by atoms with Crippen LogP contribution in [0.5, 0.6) is 5.75 Å². The molecule has 35 heavy (non-hydrogen) atoms. The van der Waals surface area contributed by atoms with Gasteiger partial charge in [0.15, 0.2) is 0 Å². The molecule has 0 unspecified atom stereocenters. The highest BCUT2D eigenvalue weighted by atomic mass is 16.5. The van der Waals surface area contributed by atoms with E-state index in [0.717, 1.165) is 42.0 Å². The van der Waals surface area contributed by atoms with Crippen LogP contribution < -0.4 is 15.4 Å². The number of benzene rings is 2.